The van der Waals surface area contributed by atoms with Crippen molar-refractivity contribution in [3.63, 3.8) is 0 Å². The Labute approximate surface area is 164 Å². The van der Waals surface area contributed by atoms with Gasteiger partial charge in [0.15, 0.2) is 11.5 Å². The molecule has 150 valence electrons. The number of carbonyl (C=O) groups excluding carboxylic acids is 1. The van der Waals surface area contributed by atoms with Gasteiger partial charge in [-0.2, -0.15) is 0 Å². The van der Waals surface area contributed by atoms with Gasteiger partial charge >= 0.3 is 0 Å². The van der Waals surface area contributed by atoms with Gasteiger partial charge in [0.1, 0.15) is 0 Å². The molecule has 1 aromatic heterocycles. The minimum atomic E-state index is 0.148. The molecule has 0 saturated carbocycles. The number of aryl methyl sites for hydroxylation is 1. The molecule has 0 N–H and O–H groups in total. The zero-order valence-electron chi connectivity index (χ0n) is 16.6. The van der Waals surface area contributed by atoms with Crippen LogP contribution >= 0.6 is 0 Å². The van der Waals surface area contributed by atoms with Crippen molar-refractivity contribution < 1.29 is 18.7 Å². The molecule has 8 nitrogen and oxygen atoms in total. The van der Waals surface area contributed by atoms with Crippen LogP contribution in [0.3, 0.4) is 0 Å². The first-order valence-corrected chi connectivity index (χ1v) is 9.71. The highest BCUT2D eigenvalue weighted by Crippen LogP contribution is 2.35. The predicted octanol–water partition coefficient (Wildman–Crippen LogP) is 2.20. The van der Waals surface area contributed by atoms with Crippen LogP contribution in [0.15, 0.2) is 22.6 Å². The van der Waals surface area contributed by atoms with Gasteiger partial charge in [-0.05, 0) is 31.2 Å². The molecule has 0 bridgehead atoms. The van der Waals surface area contributed by atoms with Gasteiger partial charge in [0.25, 0.3) is 0 Å². The molecule has 8 heteroatoms. The first-order valence-electron chi connectivity index (χ1n) is 9.71. The van der Waals surface area contributed by atoms with Crippen molar-refractivity contribution in [3.8, 4) is 23.0 Å². The van der Waals surface area contributed by atoms with E-state index in [0.29, 0.717) is 42.0 Å². The first kappa shape index (κ1) is 18.7. The van der Waals surface area contributed by atoms with E-state index in [2.05, 4.69) is 36.0 Å². The molecule has 2 aliphatic rings. The molecule has 4 rings (SSSR count). The number of hydrogen-bond acceptors (Lipinski definition) is 7. The lowest BCUT2D eigenvalue weighted by Crippen LogP contribution is -2.56. The fourth-order valence-electron chi connectivity index (χ4n) is 3.69. The summed E-state index contributed by atoms with van der Waals surface area (Å²) in [5.74, 6) is 2.84. The molecule has 0 spiro atoms. The van der Waals surface area contributed by atoms with Crippen LogP contribution in [0, 0.1) is 5.92 Å². The molecular formula is C20H26N4O4. The minimum Gasteiger partial charge on any atom is -0.454 e. The number of aromatic nitrogens is 2. The SMILES string of the molecule is CC(C)[C@H]1CN(C)CCN1C(=O)CCc1nnc(-c2ccc3c(c2)OCO3)o1. The molecule has 1 aromatic carbocycles. The third kappa shape index (κ3) is 3.82. The summed E-state index contributed by atoms with van der Waals surface area (Å²) in [7, 11) is 2.10. The maximum atomic E-state index is 12.8. The summed E-state index contributed by atoms with van der Waals surface area (Å²) in [6.07, 6.45) is 0.809. The van der Waals surface area contributed by atoms with E-state index in [4.69, 9.17) is 13.9 Å². The highest BCUT2D eigenvalue weighted by molar-refractivity contribution is 5.77. The lowest BCUT2D eigenvalue weighted by molar-refractivity contribution is -0.137. The second-order valence-electron chi connectivity index (χ2n) is 7.73. The average Bonchev–Trinajstić information content (AvgIpc) is 3.34. The van der Waals surface area contributed by atoms with Gasteiger partial charge in [-0.3, -0.25) is 4.79 Å². The Hall–Kier alpha value is -2.61. The van der Waals surface area contributed by atoms with Crippen LogP contribution in [0.4, 0.5) is 0 Å². The van der Waals surface area contributed by atoms with E-state index in [1.807, 2.05) is 23.1 Å². The van der Waals surface area contributed by atoms with Gasteiger partial charge in [0.2, 0.25) is 24.5 Å². The van der Waals surface area contributed by atoms with Crippen molar-refractivity contribution in [2.75, 3.05) is 33.5 Å². The molecule has 0 aliphatic carbocycles. The monoisotopic (exact) mass is 386 g/mol. The van der Waals surface area contributed by atoms with Crippen molar-refractivity contribution in [1.29, 1.82) is 0 Å². The molecular weight excluding hydrogens is 360 g/mol. The zero-order chi connectivity index (χ0) is 19.7. The van der Waals surface area contributed by atoms with Gasteiger partial charge in [0.05, 0.1) is 0 Å². The van der Waals surface area contributed by atoms with Crippen molar-refractivity contribution in [2.24, 2.45) is 5.92 Å². The van der Waals surface area contributed by atoms with Crippen LogP contribution in [-0.4, -0.2) is 65.4 Å². The molecule has 0 radical (unpaired) electrons. The van der Waals surface area contributed by atoms with Gasteiger partial charge in [-0.25, -0.2) is 0 Å². The third-order valence-corrected chi connectivity index (χ3v) is 5.35. The normalized spacial score (nSPS) is 19.4. The second-order valence-corrected chi connectivity index (χ2v) is 7.73. The fourth-order valence-corrected chi connectivity index (χ4v) is 3.69. The Morgan fingerprint density at radius 2 is 2.04 bits per heavy atom. The molecule has 2 aliphatic heterocycles. The van der Waals surface area contributed by atoms with Gasteiger partial charge in [-0.15, -0.1) is 10.2 Å². The largest absolute Gasteiger partial charge is 0.454 e. The zero-order valence-corrected chi connectivity index (χ0v) is 16.6. The van der Waals surface area contributed by atoms with Crippen LogP contribution in [0.2, 0.25) is 0 Å². The number of amides is 1. The van der Waals surface area contributed by atoms with Crippen molar-refractivity contribution in [3.05, 3.63) is 24.1 Å². The molecule has 3 heterocycles. The second kappa shape index (κ2) is 7.79. The van der Waals surface area contributed by atoms with Crippen LogP contribution in [0.25, 0.3) is 11.5 Å². The van der Waals surface area contributed by atoms with E-state index < -0.39 is 0 Å². The summed E-state index contributed by atoms with van der Waals surface area (Å²) in [6.45, 7) is 7.14. The average molecular weight is 386 g/mol. The number of ether oxygens (including phenoxy) is 2. The van der Waals surface area contributed by atoms with Crippen LogP contribution < -0.4 is 9.47 Å². The Morgan fingerprint density at radius 3 is 2.86 bits per heavy atom. The molecule has 0 unspecified atom stereocenters. The maximum absolute atomic E-state index is 12.8. The van der Waals surface area contributed by atoms with Gasteiger partial charge in [0, 0.05) is 44.1 Å². The standard InChI is InChI=1S/C20H26N4O4/c1-13(2)15-11-23(3)8-9-24(15)19(25)7-6-18-21-22-20(28-18)14-4-5-16-17(10-14)27-12-26-16/h4-5,10,13,15H,6-9,11-12H2,1-3H3/t15-/m1/s1. The number of rotatable bonds is 5. The van der Waals surface area contributed by atoms with E-state index in [9.17, 15) is 4.79 Å². The molecule has 1 amide bonds. The number of piperazine rings is 1. The Morgan fingerprint density at radius 1 is 1.21 bits per heavy atom. The molecule has 2 aromatic rings. The third-order valence-electron chi connectivity index (χ3n) is 5.35. The summed E-state index contributed by atoms with van der Waals surface area (Å²) >= 11 is 0. The molecule has 1 fully saturated rings. The summed E-state index contributed by atoms with van der Waals surface area (Å²) in [5.41, 5.74) is 0.772. The van der Waals surface area contributed by atoms with Crippen molar-refractivity contribution in [1.82, 2.24) is 20.0 Å². The van der Waals surface area contributed by atoms with Crippen molar-refractivity contribution in [2.45, 2.75) is 32.7 Å². The van der Waals surface area contributed by atoms with E-state index in [1.165, 1.54) is 0 Å². The van der Waals surface area contributed by atoms with Gasteiger partial charge in [-0.1, -0.05) is 13.8 Å². The Balaban J connectivity index is 1.38. The van der Waals surface area contributed by atoms with E-state index in [1.54, 1.807) is 0 Å². The smallest absolute Gasteiger partial charge is 0.247 e. The topological polar surface area (TPSA) is 80.9 Å². The van der Waals surface area contributed by atoms with Crippen molar-refractivity contribution >= 4 is 5.91 Å². The quantitative estimate of drug-likeness (QED) is 0.779. The molecule has 28 heavy (non-hydrogen) atoms. The summed E-state index contributed by atoms with van der Waals surface area (Å²) in [4.78, 5) is 17.1. The number of hydrogen-bond donors (Lipinski definition) is 0. The molecule has 1 saturated heterocycles. The maximum Gasteiger partial charge on any atom is 0.247 e. The highest BCUT2D eigenvalue weighted by atomic mass is 16.7. The number of likely N-dealkylation sites (N-methyl/N-ethyl adjacent to an activating group) is 1. The fraction of sp³-hybridized carbons (Fsp3) is 0.550. The highest BCUT2D eigenvalue weighted by Gasteiger charge is 2.31. The van der Waals surface area contributed by atoms with Crippen LogP contribution in [-0.2, 0) is 11.2 Å². The number of benzene rings is 1. The lowest BCUT2D eigenvalue weighted by Gasteiger charge is -2.42. The predicted molar refractivity (Wildman–Crippen MR) is 102 cm³/mol. The first-order chi connectivity index (χ1) is 13.5. The molecule has 1 atom stereocenters. The lowest BCUT2D eigenvalue weighted by atomic mass is 9.99. The van der Waals surface area contributed by atoms with Gasteiger partial charge < -0.3 is 23.7 Å². The van der Waals surface area contributed by atoms with E-state index in [0.717, 1.165) is 25.2 Å². The van der Waals surface area contributed by atoms with E-state index >= 15 is 0 Å². The number of fused-ring (bicyclic) bond motifs is 1. The number of carbonyl (C=O) groups is 1. The Kier molecular flexibility index (Phi) is 5.21. The summed E-state index contributed by atoms with van der Waals surface area (Å²) in [5, 5.41) is 8.21. The van der Waals surface area contributed by atoms with Crippen LogP contribution in [0.5, 0.6) is 11.5 Å². The summed E-state index contributed by atoms with van der Waals surface area (Å²) < 4.78 is 16.5. The Bertz CT molecular complexity index is 850. The van der Waals surface area contributed by atoms with Crippen LogP contribution in [0.1, 0.15) is 26.2 Å². The summed E-state index contributed by atoms with van der Waals surface area (Å²) in [6, 6.07) is 5.75. The number of nitrogens with zero attached hydrogens (tertiary/aromatic N) is 4. The van der Waals surface area contributed by atoms with E-state index in [-0.39, 0.29) is 18.7 Å². The minimum absolute atomic E-state index is 0.148.